The van der Waals surface area contributed by atoms with Gasteiger partial charge in [-0.1, -0.05) is 19.1 Å². The third-order valence-corrected chi connectivity index (χ3v) is 6.14. The Morgan fingerprint density at radius 3 is 2.59 bits per heavy atom. The predicted octanol–water partition coefficient (Wildman–Crippen LogP) is 5.69. The fourth-order valence-corrected chi connectivity index (χ4v) is 4.15. The topological polar surface area (TPSA) is 78.2 Å². The van der Waals surface area contributed by atoms with Gasteiger partial charge < -0.3 is 18.6 Å². The van der Waals surface area contributed by atoms with Crippen molar-refractivity contribution >= 4 is 16.9 Å². The first-order chi connectivity index (χ1) is 18.0. The lowest BCUT2D eigenvalue weighted by molar-refractivity contribution is 0.0505. The second kappa shape index (κ2) is 10.8. The number of hydrogen-bond donors (Lipinski definition) is 0. The molecule has 4 aromatic rings. The Labute approximate surface area is 213 Å². The van der Waals surface area contributed by atoms with Crippen molar-refractivity contribution in [1.29, 1.82) is 0 Å². The molecule has 0 bridgehead atoms. The fraction of sp³-hybridized carbons (Fsp3) is 0.241. The number of fused-ring (bicyclic) bond motifs is 3. The van der Waals surface area contributed by atoms with Gasteiger partial charge in [0.15, 0.2) is 0 Å². The van der Waals surface area contributed by atoms with E-state index in [0.717, 1.165) is 24.0 Å². The number of benzene rings is 3. The van der Waals surface area contributed by atoms with Crippen LogP contribution >= 0.6 is 0 Å². The Hall–Kier alpha value is -4.17. The van der Waals surface area contributed by atoms with E-state index >= 15 is 0 Å². The van der Waals surface area contributed by atoms with Crippen molar-refractivity contribution in [3.8, 4) is 17.2 Å². The molecule has 1 aromatic heterocycles. The lowest BCUT2D eigenvalue weighted by atomic mass is 10.1. The van der Waals surface area contributed by atoms with Crippen LogP contribution in [-0.4, -0.2) is 30.8 Å². The highest BCUT2D eigenvalue weighted by atomic mass is 19.1. The van der Waals surface area contributed by atoms with Gasteiger partial charge >= 0.3 is 5.97 Å². The Bertz CT molecular complexity index is 1460. The second-order valence-corrected chi connectivity index (χ2v) is 8.81. The van der Waals surface area contributed by atoms with Crippen LogP contribution in [0.15, 0.2) is 76.1 Å². The van der Waals surface area contributed by atoms with Gasteiger partial charge in [-0.3, -0.25) is 9.69 Å². The van der Waals surface area contributed by atoms with Crippen molar-refractivity contribution in [2.45, 2.75) is 26.3 Å². The van der Waals surface area contributed by atoms with E-state index in [1.165, 1.54) is 18.4 Å². The minimum atomic E-state index is -0.405. The predicted molar refractivity (Wildman–Crippen MR) is 136 cm³/mol. The van der Waals surface area contributed by atoms with E-state index in [-0.39, 0.29) is 17.0 Å². The summed E-state index contributed by atoms with van der Waals surface area (Å²) in [7, 11) is 0. The van der Waals surface area contributed by atoms with Crippen molar-refractivity contribution in [2.24, 2.45) is 0 Å². The maximum atomic E-state index is 13.2. The Balaban J connectivity index is 1.31. The Kier molecular flexibility index (Phi) is 7.18. The van der Waals surface area contributed by atoms with Gasteiger partial charge in [-0.05, 0) is 66.9 Å². The molecule has 1 aliphatic rings. The number of halogens is 1. The van der Waals surface area contributed by atoms with Gasteiger partial charge in [0.2, 0.25) is 11.2 Å². The van der Waals surface area contributed by atoms with Gasteiger partial charge in [-0.25, -0.2) is 9.18 Å². The van der Waals surface area contributed by atoms with E-state index in [9.17, 15) is 14.0 Å². The minimum Gasteiger partial charge on any atom is -0.478 e. The molecule has 37 heavy (non-hydrogen) atoms. The number of ether oxygens (including phenoxy) is 3. The van der Waals surface area contributed by atoms with E-state index in [1.54, 1.807) is 48.5 Å². The molecule has 0 radical (unpaired) electrons. The van der Waals surface area contributed by atoms with Gasteiger partial charge in [-0.15, -0.1) is 0 Å². The normalized spacial score (nSPS) is 13.1. The summed E-state index contributed by atoms with van der Waals surface area (Å²) in [5.74, 6) is 0.448. The number of hydrogen-bond acceptors (Lipinski definition) is 7. The number of rotatable bonds is 8. The molecule has 5 rings (SSSR count). The first-order valence-corrected chi connectivity index (χ1v) is 12.1. The van der Waals surface area contributed by atoms with Crippen molar-refractivity contribution in [3.05, 3.63) is 99.7 Å². The van der Waals surface area contributed by atoms with E-state index < -0.39 is 5.97 Å². The molecule has 0 unspecified atom stereocenters. The molecule has 0 spiro atoms. The first kappa shape index (κ1) is 24.5. The van der Waals surface area contributed by atoms with Crippen LogP contribution in [0, 0.1) is 5.82 Å². The zero-order valence-electron chi connectivity index (χ0n) is 20.4. The lowest BCUT2D eigenvalue weighted by Gasteiger charge is -2.29. The number of carbonyl (C=O) groups excluding carboxylic acids is 1. The van der Waals surface area contributed by atoms with E-state index in [2.05, 4.69) is 4.90 Å². The first-order valence-electron chi connectivity index (χ1n) is 12.1. The molecule has 190 valence electrons. The zero-order chi connectivity index (χ0) is 25.8. The highest BCUT2D eigenvalue weighted by Crippen LogP contribution is 2.32. The van der Waals surface area contributed by atoms with Gasteiger partial charge in [0, 0.05) is 13.1 Å². The van der Waals surface area contributed by atoms with Crippen molar-refractivity contribution in [1.82, 2.24) is 4.90 Å². The summed E-state index contributed by atoms with van der Waals surface area (Å²) < 4.78 is 35.8. The molecule has 0 amide bonds. The van der Waals surface area contributed by atoms with Crippen LogP contribution in [0.2, 0.25) is 0 Å². The highest BCUT2D eigenvalue weighted by molar-refractivity contribution is 5.89. The summed E-state index contributed by atoms with van der Waals surface area (Å²) in [4.78, 5) is 27.3. The van der Waals surface area contributed by atoms with Crippen LogP contribution in [0.3, 0.4) is 0 Å². The average molecular weight is 504 g/mol. The second-order valence-electron chi connectivity index (χ2n) is 8.81. The molecule has 7 nitrogen and oxygen atoms in total. The minimum absolute atomic E-state index is 0.0404. The van der Waals surface area contributed by atoms with Gasteiger partial charge in [-0.2, -0.15) is 0 Å². The number of esters is 1. The maximum Gasteiger partial charge on any atom is 0.338 e. The Morgan fingerprint density at radius 1 is 1.05 bits per heavy atom. The monoisotopic (exact) mass is 503 g/mol. The zero-order valence-corrected chi connectivity index (χ0v) is 20.4. The summed E-state index contributed by atoms with van der Waals surface area (Å²) >= 11 is 0. The number of carbonyl (C=O) groups is 1. The van der Waals surface area contributed by atoms with Crippen LogP contribution < -0.4 is 14.9 Å². The summed E-state index contributed by atoms with van der Waals surface area (Å²) in [5, 5.41) is 0.389. The average Bonchev–Trinajstić information content (AvgIpc) is 2.93. The number of nitrogens with zero attached hydrogens (tertiary/aromatic N) is 1. The molecule has 0 N–H and O–H groups in total. The fourth-order valence-electron chi connectivity index (χ4n) is 4.15. The van der Waals surface area contributed by atoms with Gasteiger partial charge in [0.25, 0.3) is 0 Å². The molecule has 0 saturated carbocycles. The molecule has 8 heteroatoms. The smallest absolute Gasteiger partial charge is 0.338 e. The molecular weight excluding hydrogens is 477 g/mol. The molecule has 2 heterocycles. The van der Waals surface area contributed by atoms with E-state index in [1.807, 2.05) is 6.92 Å². The summed E-state index contributed by atoms with van der Waals surface area (Å²) in [6.07, 6.45) is 2.78. The quantitative estimate of drug-likeness (QED) is 0.286. The van der Waals surface area contributed by atoms with Crippen LogP contribution in [0.4, 0.5) is 4.39 Å². The Morgan fingerprint density at radius 2 is 1.84 bits per heavy atom. The summed E-state index contributed by atoms with van der Waals surface area (Å²) in [5.41, 5.74) is 2.38. The largest absolute Gasteiger partial charge is 0.478 e. The molecule has 0 fully saturated rings. The van der Waals surface area contributed by atoms with Crippen molar-refractivity contribution < 1.29 is 27.8 Å². The molecule has 0 saturated heterocycles. The van der Waals surface area contributed by atoms with Crippen molar-refractivity contribution in [2.75, 3.05) is 19.9 Å². The summed E-state index contributed by atoms with van der Waals surface area (Å²) in [6, 6.07) is 16.3. The van der Waals surface area contributed by atoms with Gasteiger partial charge in [0.1, 0.15) is 35.9 Å². The van der Waals surface area contributed by atoms with Crippen LogP contribution in [0.1, 0.15) is 34.8 Å². The van der Waals surface area contributed by atoms with Crippen LogP contribution in [0.25, 0.3) is 11.0 Å². The maximum absolute atomic E-state index is 13.2. The third-order valence-electron chi connectivity index (χ3n) is 6.14. The van der Waals surface area contributed by atoms with Gasteiger partial charge in [0.05, 0.1) is 23.1 Å². The molecule has 3 aromatic carbocycles. The highest BCUT2D eigenvalue weighted by Gasteiger charge is 2.23. The third kappa shape index (κ3) is 5.49. The standard InChI is InChI=1S/C29H26FNO6/c1-2-15-34-29(33)20-5-9-22(10-6-20)37-26-17-35-28-23(27(26)32)11-12-25-24(28)16-31(18-36-25)14-13-19-3-7-21(30)8-4-19/h3-12,17H,2,13-16,18H2,1H3. The molecule has 1 aliphatic heterocycles. The van der Waals surface area contributed by atoms with Crippen LogP contribution in [-0.2, 0) is 17.7 Å². The van der Waals surface area contributed by atoms with E-state index in [0.29, 0.717) is 54.5 Å². The molecule has 0 atom stereocenters. The van der Waals surface area contributed by atoms with Crippen LogP contribution in [0.5, 0.6) is 17.2 Å². The van der Waals surface area contributed by atoms with Crippen molar-refractivity contribution in [3.63, 3.8) is 0 Å². The SMILES string of the molecule is CCCOC(=O)c1ccc(Oc2coc3c4c(ccc3c2=O)OCN(CCc2ccc(F)cc2)C4)cc1. The summed E-state index contributed by atoms with van der Waals surface area (Å²) in [6.45, 7) is 3.94. The van der Waals surface area contributed by atoms with E-state index in [4.69, 9.17) is 18.6 Å². The molecular formula is C29H26FNO6. The lowest BCUT2D eigenvalue weighted by Crippen LogP contribution is -2.33. The molecule has 0 aliphatic carbocycles.